The molecule has 1 aliphatic rings. The first-order chi connectivity index (χ1) is 7.61. The van der Waals surface area contributed by atoms with Crippen molar-refractivity contribution in [2.24, 2.45) is 11.7 Å². The van der Waals surface area contributed by atoms with Gasteiger partial charge < -0.3 is 10.6 Å². The number of aryl methyl sites for hydroxylation is 1. The van der Waals surface area contributed by atoms with E-state index in [1.54, 1.807) is 11.0 Å². The highest BCUT2D eigenvalue weighted by Crippen LogP contribution is 2.20. The molecule has 0 bridgehead atoms. The van der Waals surface area contributed by atoms with Crippen LogP contribution >= 0.6 is 0 Å². The number of carbonyl (C=O) groups is 1. The average Bonchev–Trinajstić information content (AvgIpc) is 2.20. The molecule has 0 aromatic heterocycles. The van der Waals surface area contributed by atoms with E-state index in [4.69, 9.17) is 5.73 Å². The number of nitrogens with two attached hydrogens (primary N) is 1. The number of halogens is 1. The van der Waals surface area contributed by atoms with Gasteiger partial charge in [-0.2, -0.15) is 0 Å². The molecule has 1 aromatic carbocycles. The van der Waals surface area contributed by atoms with Crippen LogP contribution in [-0.4, -0.2) is 30.4 Å². The van der Waals surface area contributed by atoms with E-state index in [-0.39, 0.29) is 11.7 Å². The quantitative estimate of drug-likeness (QED) is 0.816. The van der Waals surface area contributed by atoms with Crippen LogP contribution < -0.4 is 5.73 Å². The van der Waals surface area contributed by atoms with Crippen molar-refractivity contribution >= 4 is 5.91 Å². The largest absolute Gasteiger partial charge is 0.338 e. The second kappa shape index (κ2) is 4.22. The fourth-order valence-corrected chi connectivity index (χ4v) is 1.88. The average molecular weight is 222 g/mol. The smallest absolute Gasteiger partial charge is 0.254 e. The highest BCUT2D eigenvalue weighted by molar-refractivity contribution is 5.96. The summed E-state index contributed by atoms with van der Waals surface area (Å²) in [5.74, 6) is -0.0654. The van der Waals surface area contributed by atoms with Crippen molar-refractivity contribution in [3.05, 3.63) is 35.1 Å². The lowest BCUT2D eigenvalue weighted by molar-refractivity contribution is 0.0514. The van der Waals surface area contributed by atoms with E-state index in [1.807, 2.05) is 6.92 Å². The summed E-state index contributed by atoms with van der Waals surface area (Å²) in [5, 5.41) is 0. The van der Waals surface area contributed by atoms with Crippen molar-refractivity contribution in [1.29, 1.82) is 0 Å². The number of amides is 1. The number of carbonyl (C=O) groups excluding carboxylic acids is 1. The Balaban J connectivity index is 2.13. The molecule has 1 saturated heterocycles. The lowest BCUT2D eigenvalue weighted by Crippen LogP contribution is -2.52. The summed E-state index contributed by atoms with van der Waals surface area (Å²) < 4.78 is 13.0. The fraction of sp³-hybridized carbons (Fsp3) is 0.417. The summed E-state index contributed by atoms with van der Waals surface area (Å²) in [5.41, 5.74) is 6.75. The zero-order chi connectivity index (χ0) is 11.7. The lowest BCUT2D eigenvalue weighted by Gasteiger charge is -2.38. The van der Waals surface area contributed by atoms with Crippen molar-refractivity contribution in [2.45, 2.75) is 6.92 Å². The normalized spacial score (nSPS) is 16.1. The summed E-state index contributed by atoms with van der Waals surface area (Å²) in [6.07, 6.45) is 0. The van der Waals surface area contributed by atoms with Gasteiger partial charge in [0, 0.05) is 24.6 Å². The van der Waals surface area contributed by atoms with Crippen LogP contribution in [0.3, 0.4) is 0 Å². The topological polar surface area (TPSA) is 46.3 Å². The molecule has 86 valence electrons. The highest BCUT2D eigenvalue weighted by Gasteiger charge is 2.30. The standard InChI is InChI=1S/C12H15FN2O/c1-8-2-3-10(13)4-11(8)12(16)15-6-9(5-14)7-15/h2-4,9H,5-7,14H2,1H3. The van der Waals surface area contributed by atoms with E-state index in [9.17, 15) is 9.18 Å². The zero-order valence-corrected chi connectivity index (χ0v) is 9.24. The van der Waals surface area contributed by atoms with Gasteiger partial charge >= 0.3 is 0 Å². The molecule has 1 aliphatic heterocycles. The van der Waals surface area contributed by atoms with Gasteiger partial charge in [0.25, 0.3) is 5.91 Å². The molecule has 0 saturated carbocycles. The predicted octanol–water partition coefficient (Wildman–Crippen LogP) is 1.16. The highest BCUT2D eigenvalue weighted by atomic mass is 19.1. The Morgan fingerprint density at radius 2 is 2.25 bits per heavy atom. The zero-order valence-electron chi connectivity index (χ0n) is 9.24. The lowest BCUT2D eigenvalue weighted by atomic mass is 9.98. The van der Waals surface area contributed by atoms with Crippen LogP contribution in [-0.2, 0) is 0 Å². The van der Waals surface area contributed by atoms with Gasteiger partial charge in [-0.1, -0.05) is 6.07 Å². The molecule has 0 radical (unpaired) electrons. The van der Waals surface area contributed by atoms with Crippen molar-refractivity contribution in [3.63, 3.8) is 0 Å². The summed E-state index contributed by atoms with van der Waals surface area (Å²) in [6, 6.07) is 4.29. The van der Waals surface area contributed by atoms with Crippen LogP contribution in [0.1, 0.15) is 15.9 Å². The number of nitrogens with zero attached hydrogens (tertiary/aromatic N) is 1. The molecule has 0 aliphatic carbocycles. The molecule has 2 N–H and O–H groups in total. The molecule has 4 heteroatoms. The number of likely N-dealkylation sites (tertiary alicyclic amines) is 1. The fourth-order valence-electron chi connectivity index (χ4n) is 1.88. The van der Waals surface area contributed by atoms with Crippen LogP contribution in [0.2, 0.25) is 0 Å². The molecule has 1 fully saturated rings. The van der Waals surface area contributed by atoms with Crippen molar-refractivity contribution in [2.75, 3.05) is 19.6 Å². The third-order valence-electron chi connectivity index (χ3n) is 3.01. The Morgan fingerprint density at radius 1 is 1.56 bits per heavy atom. The number of benzene rings is 1. The second-order valence-electron chi connectivity index (χ2n) is 4.27. The maximum absolute atomic E-state index is 13.0. The van der Waals surface area contributed by atoms with Gasteiger partial charge in [0.1, 0.15) is 5.82 Å². The molecule has 1 heterocycles. The van der Waals surface area contributed by atoms with E-state index < -0.39 is 0 Å². The van der Waals surface area contributed by atoms with Gasteiger partial charge in [0.05, 0.1) is 0 Å². The minimum atomic E-state index is -0.371. The molecule has 1 aromatic rings. The third kappa shape index (κ3) is 1.93. The van der Waals surface area contributed by atoms with E-state index in [0.29, 0.717) is 31.1 Å². The molecule has 3 nitrogen and oxygen atoms in total. The molecular formula is C12H15FN2O. The third-order valence-corrected chi connectivity index (χ3v) is 3.01. The molecule has 2 rings (SSSR count). The molecule has 0 spiro atoms. The molecule has 16 heavy (non-hydrogen) atoms. The molecule has 1 amide bonds. The van der Waals surface area contributed by atoms with Crippen LogP contribution in [0.25, 0.3) is 0 Å². The summed E-state index contributed by atoms with van der Waals surface area (Å²) >= 11 is 0. The Morgan fingerprint density at radius 3 is 2.88 bits per heavy atom. The first-order valence-electron chi connectivity index (χ1n) is 5.37. The number of hydrogen-bond donors (Lipinski definition) is 1. The van der Waals surface area contributed by atoms with Gasteiger partial charge in [-0.3, -0.25) is 4.79 Å². The van der Waals surface area contributed by atoms with Gasteiger partial charge in [0.15, 0.2) is 0 Å². The van der Waals surface area contributed by atoms with Gasteiger partial charge in [0.2, 0.25) is 0 Å². The molecular weight excluding hydrogens is 207 g/mol. The van der Waals surface area contributed by atoms with Crippen LogP contribution in [0.15, 0.2) is 18.2 Å². The Kier molecular flexibility index (Phi) is 2.92. The minimum absolute atomic E-state index is 0.0956. The van der Waals surface area contributed by atoms with Crippen molar-refractivity contribution < 1.29 is 9.18 Å². The Hall–Kier alpha value is -1.42. The van der Waals surface area contributed by atoms with Crippen molar-refractivity contribution in [1.82, 2.24) is 4.90 Å². The maximum atomic E-state index is 13.0. The molecule has 0 unspecified atom stereocenters. The Labute approximate surface area is 94.0 Å². The first kappa shape index (κ1) is 11.1. The first-order valence-corrected chi connectivity index (χ1v) is 5.37. The van der Waals surface area contributed by atoms with Gasteiger partial charge in [-0.15, -0.1) is 0 Å². The maximum Gasteiger partial charge on any atom is 0.254 e. The molecule has 0 atom stereocenters. The number of hydrogen-bond acceptors (Lipinski definition) is 2. The predicted molar refractivity (Wildman–Crippen MR) is 59.6 cm³/mol. The van der Waals surface area contributed by atoms with Crippen LogP contribution in [0, 0.1) is 18.7 Å². The van der Waals surface area contributed by atoms with Crippen LogP contribution in [0.4, 0.5) is 4.39 Å². The van der Waals surface area contributed by atoms with Gasteiger partial charge in [-0.25, -0.2) is 4.39 Å². The second-order valence-corrected chi connectivity index (χ2v) is 4.27. The summed E-state index contributed by atoms with van der Waals surface area (Å²) in [6.45, 7) is 3.79. The minimum Gasteiger partial charge on any atom is -0.338 e. The van der Waals surface area contributed by atoms with Crippen molar-refractivity contribution in [3.8, 4) is 0 Å². The Bertz CT molecular complexity index is 413. The summed E-state index contributed by atoms with van der Waals surface area (Å²) in [7, 11) is 0. The number of rotatable bonds is 2. The van der Waals surface area contributed by atoms with E-state index >= 15 is 0 Å². The summed E-state index contributed by atoms with van der Waals surface area (Å²) in [4.78, 5) is 13.7. The van der Waals surface area contributed by atoms with Crippen LogP contribution in [0.5, 0.6) is 0 Å². The monoisotopic (exact) mass is 222 g/mol. The van der Waals surface area contributed by atoms with E-state index in [2.05, 4.69) is 0 Å². The van der Waals surface area contributed by atoms with E-state index in [1.165, 1.54) is 12.1 Å². The SMILES string of the molecule is Cc1ccc(F)cc1C(=O)N1CC(CN)C1. The van der Waals surface area contributed by atoms with E-state index in [0.717, 1.165) is 5.56 Å². The van der Waals surface area contributed by atoms with Gasteiger partial charge in [-0.05, 0) is 31.2 Å².